The molecule has 4 heteroatoms. The standard InChI is InChI=1S/C14H21N3O/c1-10-7-15-8-13(10)14(18)17(3)9-12-6-4-5-11(2)16-12/h4-6,10,13,15H,7-9H2,1-3H3. The van der Waals surface area contributed by atoms with Gasteiger partial charge in [0.05, 0.1) is 18.2 Å². The lowest BCUT2D eigenvalue weighted by atomic mass is 9.97. The van der Waals surface area contributed by atoms with Crippen molar-refractivity contribution in [3.8, 4) is 0 Å². The summed E-state index contributed by atoms with van der Waals surface area (Å²) in [4.78, 5) is 18.5. The van der Waals surface area contributed by atoms with Gasteiger partial charge in [0.15, 0.2) is 0 Å². The second-order valence-corrected chi connectivity index (χ2v) is 5.21. The van der Waals surface area contributed by atoms with Crippen LogP contribution in [0.3, 0.4) is 0 Å². The zero-order valence-electron chi connectivity index (χ0n) is 11.3. The summed E-state index contributed by atoms with van der Waals surface area (Å²) in [7, 11) is 1.86. The fourth-order valence-corrected chi connectivity index (χ4v) is 2.43. The minimum absolute atomic E-state index is 0.111. The number of aryl methyl sites for hydroxylation is 1. The second kappa shape index (κ2) is 5.48. The van der Waals surface area contributed by atoms with Crippen LogP contribution in [-0.4, -0.2) is 35.9 Å². The van der Waals surface area contributed by atoms with Crippen molar-refractivity contribution in [2.45, 2.75) is 20.4 Å². The summed E-state index contributed by atoms with van der Waals surface area (Å²) in [6, 6.07) is 5.91. The Morgan fingerprint density at radius 3 is 2.89 bits per heavy atom. The third-order valence-corrected chi connectivity index (χ3v) is 3.56. The molecule has 98 valence electrons. The van der Waals surface area contributed by atoms with E-state index in [1.165, 1.54) is 0 Å². The first-order valence-corrected chi connectivity index (χ1v) is 6.46. The molecule has 2 heterocycles. The summed E-state index contributed by atoms with van der Waals surface area (Å²) < 4.78 is 0. The Morgan fingerprint density at radius 2 is 2.28 bits per heavy atom. The molecule has 0 spiro atoms. The molecule has 2 unspecified atom stereocenters. The summed E-state index contributed by atoms with van der Waals surface area (Å²) in [6.45, 7) is 6.41. The molecule has 18 heavy (non-hydrogen) atoms. The Bertz CT molecular complexity index is 433. The Hall–Kier alpha value is -1.42. The molecule has 0 bridgehead atoms. The molecule has 1 aliphatic rings. The number of rotatable bonds is 3. The van der Waals surface area contributed by atoms with Crippen molar-refractivity contribution in [3.05, 3.63) is 29.6 Å². The maximum Gasteiger partial charge on any atom is 0.227 e. The van der Waals surface area contributed by atoms with Crippen molar-refractivity contribution in [2.24, 2.45) is 11.8 Å². The van der Waals surface area contributed by atoms with Crippen LogP contribution in [0.4, 0.5) is 0 Å². The van der Waals surface area contributed by atoms with Crippen molar-refractivity contribution in [1.82, 2.24) is 15.2 Å². The highest BCUT2D eigenvalue weighted by atomic mass is 16.2. The first-order valence-electron chi connectivity index (χ1n) is 6.46. The average molecular weight is 247 g/mol. The fraction of sp³-hybridized carbons (Fsp3) is 0.571. The van der Waals surface area contributed by atoms with Gasteiger partial charge in [0.2, 0.25) is 5.91 Å². The molecule has 4 nitrogen and oxygen atoms in total. The summed E-state index contributed by atoms with van der Waals surface area (Å²) in [5, 5.41) is 3.27. The highest BCUT2D eigenvalue weighted by Crippen LogP contribution is 2.18. The van der Waals surface area contributed by atoms with Gasteiger partial charge >= 0.3 is 0 Å². The smallest absolute Gasteiger partial charge is 0.227 e. The van der Waals surface area contributed by atoms with Gasteiger partial charge in [-0.15, -0.1) is 0 Å². The molecule has 1 aromatic rings. The maximum atomic E-state index is 12.3. The third kappa shape index (κ3) is 2.88. The van der Waals surface area contributed by atoms with E-state index in [1.807, 2.05) is 32.2 Å². The van der Waals surface area contributed by atoms with E-state index in [4.69, 9.17) is 0 Å². The molecule has 1 saturated heterocycles. The number of pyridine rings is 1. The number of carbonyl (C=O) groups excluding carboxylic acids is 1. The Kier molecular flexibility index (Phi) is 3.97. The van der Waals surface area contributed by atoms with Gasteiger partial charge in [0.1, 0.15) is 0 Å². The van der Waals surface area contributed by atoms with Crippen LogP contribution in [0, 0.1) is 18.8 Å². The number of hydrogen-bond donors (Lipinski definition) is 1. The van der Waals surface area contributed by atoms with E-state index < -0.39 is 0 Å². The van der Waals surface area contributed by atoms with E-state index in [0.29, 0.717) is 12.5 Å². The van der Waals surface area contributed by atoms with Gasteiger partial charge in [0.25, 0.3) is 0 Å². The van der Waals surface area contributed by atoms with E-state index in [-0.39, 0.29) is 11.8 Å². The number of aromatic nitrogens is 1. The minimum Gasteiger partial charge on any atom is -0.340 e. The van der Waals surface area contributed by atoms with Crippen molar-refractivity contribution >= 4 is 5.91 Å². The lowest BCUT2D eigenvalue weighted by molar-refractivity contribution is -0.135. The van der Waals surface area contributed by atoms with Gasteiger partial charge in [-0.2, -0.15) is 0 Å². The molecular weight excluding hydrogens is 226 g/mol. The van der Waals surface area contributed by atoms with Crippen LogP contribution in [0.15, 0.2) is 18.2 Å². The van der Waals surface area contributed by atoms with Crippen molar-refractivity contribution in [1.29, 1.82) is 0 Å². The van der Waals surface area contributed by atoms with E-state index >= 15 is 0 Å². The van der Waals surface area contributed by atoms with Gasteiger partial charge in [-0.3, -0.25) is 9.78 Å². The van der Waals surface area contributed by atoms with Crippen LogP contribution in [0.1, 0.15) is 18.3 Å². The zero-order chi connectivity index (χ0) is 13.1. The zero-order valence-corrected chi connectivity index (χ0v) is 11.3. The highest BCUT2D eigenvalue weighted by molar-refractivity contribution is 5.79. The van der Waals surface area contributed by atoms with Crippen LogP contribution in [0.2, 0.25) is 0 Å². The number of nitrogens with one attached hydrogen (secondary N) is 1. The van der Waals surface area contributed by atoms with E-state index in [9.17, 15) is 4.79 Å². The quantitative estimate of drug-likeness (QED) is 0.873. The normalized spacial score (nSPS) is 23.1. The summed E-state index contributed by atoms with van der Waals surface area (Å²) in [5.41, 5.74) is 1.94. The molecule has 1 fully saturated rings. The predicted molar refractivity (Wildman–Crippen MR) is 71.0 cm³/mol. The van der Waals surface area contributed by atoms with Crippen LogP contribution in [0.5, 0.6) is 0 Å². The molecule has 2 rings (SSSR count). The first kappa shape index (κ1) is 13.0. The molecule has 0 saturated carbocycles. The molecule has 0 radical (unpaired) electrons. The van der Waals surface area contributed by atoms with E-state index in [1.54, 1.807) is 4.90 Å². The van der Waals surface area contributed by atoms with Gasteiger partial charge in [-0.25, -0.2) is 0 Å². The number of hydrogen-bond acceptors (Lipinski definition) is 3. The van der Waals surface area contributed by atoms with Gasteiger partial charge in [-0.05, 0) is 31.5 Å². The highest BCUT2D eigenvalue weighted by Gasteiger charge is 2.31. The molecule has 1 amide bonds. The number of nitrogens with zero attached hydrogens (tertiary/aromatic N) is 2. The first-order chi connectivity index (χ1) is 8.58. The minimum atomic E-state index is 0.111. The molecule has 0 aliphatic carbocycles. The van der Waals surface area contributed by atoms with Crippen LogP contribution >= 0.6 is 0 Å². The van der Waals surface area contributed by atoms with Gasteiger partial charge in [0, 0.05) is 19.3 Å². The molecule has 1 aromatic heterocycles. The van der Waals surface area contributed by atoms with Crippen molar-refractivity contribution in [3.63, 3.8) is 0 Å². The summed E-state index contributed by atoms with van der Waals surface area (Å²) in [5.74, 6) is 0.751. The van der Waals surface area contributed by atoms with Gasteiger partial charge < -0.3 is 10.2 Å². The Balaban J connectivity index is 1.99. The van der Waals surface area contributed by atoms with Crippen LogP contribution < -0.4 is 5.32 Å². The van der Waals surface area contributed by atoms with Crippen LogP contribution in [-0.2, 0) is 11.3 Å². The summed E-state index contributed by atoms with van der Waals surface area (Å²) in [6.07, 6.45) is 0. The molecule has 1 N–H and O–H groups in total. The van der Waals surface area contributed by atoms with E-state index in [2.05, 4.69) is 17.2 Å². The monoisotopic (exact) mass is 247 g/mol. The third-order valence-electron chi connectivity index (χ3n) is 3.56. The number of carbonyl (C=O) groups is 1. The molecule has 0 aromatic carbocycles. The predicted octanol–water partition coefficient (Wildman–Crippen LogP) is 1.20. The Labute approximate surface area is 108 Å². The lowest BCUT2D eigenvalue weighted by Gasteiger charge is -2.22. The lowest BCUT2D eigenvalue weighted by Crippen LogP contribution is -2.35. The largest absolute Gasteiger partial charge is 0.340 e. The SMILES string of the molecule is Cc1cccc(CN(C)C(=O)C2CNCC2C)n1. The maximum absolute atomic E-state index is 12.3. The average Bonchev–Trinajstić information content (AvgIpc) is 2.74. The summed E-state index contributed by atoms with van der Waals surface area (Å²) >= 11 is 0. The molecule has 1 aliphatic heterocycles. The second-order valence-electron chi connectivity index (χ2n) is 5.21. The molecular formula is C14H21N3O. The van der Waals surface area contributed by atoms with E-state index in [0.717, 1.165) is 24.5 Å². The molecule has 2 atom stereocenters. The Morgan fingerprint density at radius 1 is 1.50 bits per heavy atom. The van der Waals surface area contributed by atoms with Crippen molar-refractivity contribution in [2.75, 3.05) is 20.1 Å². The van der Waals surface area contributed by atoms with Crippen molar-refractivity contribution < 1.29 is 4.79 Å². The topological polar surface area (TPSA) is 45.2 Å². The fourth-order valence-electron chi connectivity index (χ4n) is 2.43. The van der Waals surface area contributed by atoms with Gasteiger partial charge in [-0.1, -0.05) is 13.0 Å². The van der Waals surface area contributed by atoms with Crippen LogP contribution in [0.25, 0.3) is 0 Å². The number of amides is 1.